The zero-order valence-corrected chi connectivity index (χ0v) is 12.8. The summed E-state index contributed by atoms with van der Waals surface area (Å²) in [6, 6.07) is 15.0. The van der Waals surface area contributed by atoms with E-state index in [0.29, 0.717) is 11.4 Å². The summed E-state index contributed by atoms with van der Waals surface area (Å²) in [7, 11) is 0. The van der Waals surface area contributed by atoms with Gasteiger partial charge in [-0.05, 0) is 36.2 Å². The summed E-state index contributed by atoms with van der Waals surface area (Å²) in [6.45, 7) is 1.93. The summed E-state index contributed by atoms with van der Waals surface area (Å²) in [4.78, 5) is 12.9. The quantitative estimate of drug-likeness (QED) is 0.820. The summed E-state index contributed by atoms with van der Waals surface area (Å²) in [5, 5.41) is 3.62. The van der Waals surface area contributed by atoms with Crippen LogP contribution in [0.15, 0.2) is 53.4 Å². The molecule has 0 fully saturated rings. The van der Waals surface area contributed by atoms with Crippen LogP contribution in [0.25, 0.3) is 0 Å². The fourth-order valence-electron chi connectivity index (χ4n) is 2.00. The zero-order valence-electron chi connectivity index (χ0n) is 11.1. The van der Waals surface area contributed by atoms with Crippen LogP contribution in [0.2, 0.25) is 5.02 Å². The number of thiol groups is 1. The average Bonchev–Trinajstić information content (AvgIpc) is 2.41. The van der Waals surface area contributed by atoms with E-state index in [1.165, 1.54) is 0 Å². The SMILES string of the molecule is CC(NC(=O)Cc1ccc(S)cc1)c1ccccc1Cl. The van der Waals surface area contributed by atoms with Crippen LogP contribution in [0.4, 0.5) is 0 Å². The van der Waals surface area contributed by atoms with Gasteiger partial charge in [-0.15, -0.1) is 12.6 Å². The molecular weight excluding hydrogens is 290 g/mol. The van der Waals surface area contributed by atoms with Crippen LogP contribution in [0.1, 0.15) is 24.1 Å². The molecule has 2 aromatic rings. The molecule has 0 saturated heterocycles. The average molecular weight is 306 g/mol. The third kappa shape index (κ3) is 4.02. The van der Waals surface area contributed by atoms with Crippen molar-refractivity contribution in [2.45, 2.75) is 24.3 Å². The third-order valence-corrected chi connectivity index (χ3v) is 3.69. The summed E-state index contributed by atoms with van der Waals surface area (Å²) >= 11 is 10.3. The minimum absolute atomic E-state index is 0.0238. The molecule has 104 valence electrons. The smallest absolute Gasteiger partial charge is 0.224 e. The van der Waals surface area contributed by atoms with Crippen molar-refractivity contribution >= 4 is 30.1 Å². The Bertz CT molecular complexity index is 598. The van der Waals surface area contributed by atoms with Gasteiger partial charge in [0, 0.05) is 9.92 Å². The first-order valence-corrected chi connectivity index (χ1v) is 7.20. The Labute approximate surface area is 129 Å². The predicted octanol–water partition coefficient (Wildman–Crippen LogP) is 4.05. The van der Waals surface area contributed by atoms with E-state index in [4.69, 9.17) is 11.6 Å². The maximum atomic E-state index is 12.0. The molecule has 20 heavy (non-hydrogen) atoms. The van der Waals surface area contributed by atoms with Crippen LogP contribution in [0, 0.1) is 0 Å². The lowest BCUT2D eigenvalue weighted by atomic mass is 10.1. The van der Waals surface area contributed by atoms with E-state index < -0.39 is 0 Å². The normalized spacial score (nSPS) is 11.9. The number of hydrogen-bond acceptors (Lipinski definition) is 2. The van der Waals surface area contributed by atoms with E-state index in [1.54, 1.807) is 0 Å². The largest absolute Gasteiger partial charge is 0.349 e. The fourth-order valence-corrected chi connectivity index (χ4v) is 2.44. The van der Waals surface area contributed by atoms with Crippen LogP contribution in [0.5, 0.6) is 0 Å². The van der Waals surface area contributed by atoms with Gasteiger partial charge in [0.1, 0.15) is 0 Å². The molecule has 0 aliphatic rings. The molecule has 1 amide bonds. The number of benzene rings is 2. The van der Waals surface area contributed by atoms with Gasteiger partial charge in [-0.2, -0.15) is 0 Å². The van der Waals surface area contributed by atoms with Crippen LogP contribution < -0.4 is 5.32 Å². The Hall–Kier alpha value is -1.45. The molecule has 0 aliphatic heterocycles. The lowest BCUT2D eigenvalue weighted by Gasteiger charge is -2.15. The second-order valence-electron chi connectivity index (χ2n) is 4.65. The molecule has 2 nitrogen and oxygen atoms in total. The van der Waals surface area contributed by atoms with Crippen molar-refractivity contribution in [2.24, 2.45) is 0 Å². The van der Waals surface area contributed by atoms with Gasteiger partial charge < -0.3 is 5.32 Å². The van der Waals surface area contributed by atoms with Crippen LogP contribution in [-0.2, 0) is 11.2 Å². The van der Waals surface area contributed by atoms with E-state index >= 15 is 0 Å². The van der Waals surface area contributed by atoms with Crippen molar-refractivity contribution in [1.29, 1.82) is 0 Å². The van der Waals surface area contributed by atoms with E-state index in [-0.39, 0.29) is 11.9 Å². The topological polar surface area (TPSA) is 29.1 Å². The maximum Gasteiger partial charge on any atom is 0.224 e. The molecule has 0 saturated carbocycles. The van der Waals surface area contributed by atoms with Gasteiger partial charge >= 0.3 is 0 Å². The molecule has 1 atom stereocenters. The maximum absolute atomic E-state index is 12.0. The molecule has 0 bridgehead atoms. The van der Waals surface area contributed by atoms with E-state index in [0.717, 1.165) is 16.0 Å². The number of hydrogen-bond donors (Lipinski definition) is 2. The monoisotopic (exact) mass is 305 g/mol. The molecule has 2 rings (SSSR count). The van der Waals surface area contributed by atoms with Gasteiger partial charge in [0.2, 0.25) is 5.91 Å². The summed E-state index contributed by atoms with van der Waals surface area (Å²) in [6.07, 6.45) is 0.350. The third-order valence-electron chi connectivity index (χ3n) is 3.05. The van der Waals surface area contributed by atoms with Crippen molar-refractivity contribution in [1.82, 2.24) is 5.32 Å². The van der Waals surface area contributed by atoms with Gasteiger partial charge in [-0.25, -0.2) is 0 Å². The van der Waals surface area contributed by atoms with Crippen LogP contribution >= 0.6 is 24.2 Å². The number of carbonyl (C=O) groups excluding carboxylic acids is 1. The molecule has 0 spiro atoms. The first-order valence-electron chi connectivity index (χ1n) is 6.38. The standard InChI is InChI=1S/C16H16ClNOS/c1-11(14-4-2-3-5-15(14)17)18-16(19)10-12-6-8-13(20)9-7-12/h2-9,11,20H,10H2,1H3,(H,18,19). The summed E-state index contributed by atoms with van der Waals surface area (Å²) in [5.41, 5.74) is 1.89. The summed E-state index contributed by atoms with van der Waals surface area (Å²) in [5.74, 6) is -0.0238. The molecule has 0 aromatic heterocycles. The molecular formula is C16H16ClNOS. The predicted molar refractivity (Wildman–Crippen MR) is 85.4 cm³/mol. The van der Waals surface area contributed by atoms with Crippen molar-refractivity contribution in [3.05, 3.63) is 64.7 Å². The second kappa shape index (κ2) is 6.82. The highest BCUT2D eigenvalue weighted by atomic mass is 35.5. The van der Waals surface area contributed by atoms with Gasteiger partial charge in [0.05, 0.1) is 12.5 Å². The van der Waals surface area contributed by atoms with E-state index in [1.807, 2.05) is 55.5 Å². The Morgan fingerprint density at radius 2 is 1.85 bits per heavy atom. The van der Waals surface area contributed by atoms with Crippen molar-refractivity contribution in [3.63, 3.8) is 0 Å². The fraction of sp³-hybridized carbons (Fsp3) is 0.188. The van der Waals surface area contributed by atoms with Crippen molar-refractivity contribution in [2.75, 3.05) is 0 Å². The molecule has 0 heterocycles. The number of carbonyl (C=O) groups is 1. The summed E-state index contributed by atoms with van der Waals surface area (Å²) < 4.78 is 0. The second-order valence-corrected chi connectivity index (χ2v) is 5.58. The highest BCUT2D eigenvalue weighted by Crippen LogP contribution is 2.22. The number of amides is 1. The highest BCUT2D eigenvalue weighted by molar-refractivity contribution is 7.80. The Morgan fingerprint density at radius 1 is 1.20 bits per heavy atom. The molecule has 2 aromatic carbocycles. The Morgan fingerprint density at radius 3 is 2.50 bits per heavy atom. The lowest BCUT2D eigenvalue weighted by Crippen LogP contribution is -2.28. The van der Waals surface area contributed by atoms with Gasteiger partial charge in [0.15, 0.2) is 0 Å². The number of halogens is 1. The molecule has 1 unspecified atom stereocenters. The molecule has 4 heteroatoms. The van der Waals surface area contributed by atoms with Gasteiger partial charge in [0.25, 0.3) is 0 Å². The first kappa shape index (κ1) is 14.9. The molecule has 1 N–H and O–H groups in total. The molecule has 0 radical (unpaired) electrons. The van der Waals surface area contributed by atoms with Crippen molar-refractivity contribution in [3.8, 4) is 0 Å². The van der Waals surface area contributed by atoms with Crippen LogP contribution in [0.3, 0.4) is 0 Å². The zero-order chi connectivity index (χ0) is 14.5. The number of rotatable bonds is 4. The first-order chi connectivity index (χ1) is 9.56. The van der Waals surface area contributed by atoms with Crippen molar-refractivity contribution < 1.29 is 4.79 Å². The Balaban J connectivity index is 1.98. The van der Waals surface area contributed by atoms with Crippen LogP contribution in [-0.4, -0.2) is 5.91 Å². The highest BCUT2D eigenvalue weighted by Gasteiger charge is 2.12. The minimum atomic E-state index is -0.111. The van der Waals surface area contributed by atoms with Gasteiger partial charge in [-0.3, -0.25) is 4.79 Å². The number of nitrogens with one attached hydrogen (secondary N) is 1. The lowest BCUT2D eigenvalue weighted by molar-refractivity contribution is -0.121. The van der Waals surface area contributed by atoms with E-state index in [2.05, 4.69) is 17.9 Å². The van der Waals surface area contributed by atoms with Gasteiger partial charge in [-0.1, -0.05) is 41.9 Å². The molecule has 0 aliphatic carbocycles. The van der Waals surface area contributed by atoms with E-state index in [9.17, 15) is 4.79 Å². The minimum Gasteiger partial charge on any atom is -0.349 e. The Kier molecular flexibility index (Phi) is 5.10.